The van der Waals surface area contributed by atoms with Crippen LogP contribution in [0.4, 0.5) is 0 Å². The van der Waals surface area contributed by atoms with E-state index in [4.69, 9.17) is 5.73 Å². The predicted molar refractivity (Wildman–Crippen MR) is 99.9 cm³/mol. The molecular weight excluding hydrogens is 380 g/mol. The average molecular weight is 402 g/mol. The summed E-state index contributed by atoms with van der Waals surface area (Å²) in [7, 11) is 2.59. The van der Waals surface area contributed by atoms with Crippen LogP contribution >= 0.6 is 23.5 Å². The van der Waals surface area contributed by atoms with Gasteiger partial charge in [0.25, 0.3) is 0 Å². The van der Waals surface area contributed by atoms with Crippen LogP contribution in [0.25, 0.3) is 0 Å². The number of nitrogens with one attached hydrogen (secondary N) is 1. The summed E-state index contributed by atoms with van der Waals surface area (Å²) in [6.45, 7) is 1.46. The van der Waals surface area contributed by atoms with Gasteiger partial charge in [0.05, 0.1) is 19.1 Å². The molecule has 8 nitrogen and oxygen atoms in total. The van der Waals surface area contributed by atoms with Gasteiger partial charge in [-0.05, 0) is 19.8 Å². The number of allylic oxidation sites excluding steroid dienone is 3. The molecule has 0 aliphatic carbocycles. The van der Waals surface area contributed by atoms with Gasteiger partial charge in [-0.3, -0.25) is 14.4 Å². The number of ketones is 1. The molecule has 0 bridgehead atoms. The number of amides is 1. The minimum Gasteiger partial charge on any atom is -0.469 e. The summed E-state index contributed by atoms with van der Waals surface area (Å²) in [6.07, 6.45) is 1.12. The Hall–Kier alpha value is -1.94. The second-order valence-corrected chi connectivity index (χ2v) is 7.42. The summed E-state index contributed by atoms with van der Waals surface area (Å²) in [6, 6.07) is 0. The SMILES string of the molecule is COC(=O)C1=C(N)CCS1.COC(=O)CC(=O)NC1=C(C(C)=O)SCC1. The first-order chi connectivity index (χ1) is 12.3. The van der Waals surface area contributed by atoms with E-state index in [2.05, 4.69) is 14.8 Å². The molecular formula is C16H22N2O6S2. The van der Waals surface area contributed by atoms with Gasteiger partial charge in [0, 0.05) is 22.9 Å². The average Bonchev–Trinajstić information content (AvgIpc) is 3.23. The number of thioether (sulfide) groups is 2. The third kappa shape index (κ3) is 6.75. The zero-order chi connectivity index (χ0) is 19.7. The first-order valence-corrected chi connectivity index (χ1v) is 9.70. The van der Waals surface area contributed by atoms with Crippen molar-refractivity contribution in [2.24, 2.45) is 5.73 Å². The summed E-state index contributed by atoms with van der Waals surface area (Å²) in [5.74, 6) is 0.283. The molecule has 1 amide bonds. The highest BCUT2D eigenvalue weighted by Gasteiger charge is 2.21. The van der Waals surface area contributed by atoms with Crippen molar-refractivity contribution in [3.63, 3.8) is 0 Å². The number of rotatable bonds is 5. The molecule has 2 aliphatic rings. The predicted octanol–water partition coefficient (Wildman–Crippen LogP) is 1.07. The third-order valence-corrected chi connectivity index (χ3v) is 5.65. The van der Waals surface area contributed by atoms with E-state index in [9.17, 15) is 19.2 Å². The smallest absolute Gasteiger partial charge is 0.346 e. The van der Waals surface area contributed by atoms with E-state index >= 15 is 0 Å². The standard InChI is InChI=1S/C10H13NO4S.C6H9NO2S/c1-6(12)10-7(3-4-16-10)11-8(13)5-9(14)15-2;1-9-6(8)5-4(7)2-3-10-5/h3-5H2,1-2H3,(H,11,13);2-3,7H2,1H3. The number of carbonyl (C=O) groups is 4. The lowest BCUT2D eigenvalue weighted by Crippen LogP contribution is -2.26. The van der Waals surface area contributed by atoms with Crippen molar-refractivity contribution >= 4 is 47.2 Å². The van der Waals surface area contributed by atoms with Crippen molar-refractivity contribution in [1.82, 2.24) is 5.32 Å². The van der Waals surface area contributed by atoms with E-state index in [0.29, 0.717) is 27.6 Å². The summed E-state index contributed by atoms with van der Waals surface area (Å²) in [5, 5.41) is 2.57. The number of hydrogen-bond acceptors (Lipinski definition) is 9. The van der Waals surface area contributed by atoms with E-state index in [1.54, 1.807) is 0 Å². The summed E-state index contributed by atoms with van der Waals surface area (Å²) in [4.78, 5) is 45.4. The molecule has 0 aromatic heterocycles. The van der Waals surface area contributed by atoms with Gasteiger partial charge < -0.3 is 20.5 Å². The summed E-state index contributed by atoms with van der Waals surface area (Å²) < 4.78 is 8.88. The highest BCUT2D eigenvalue weighted by Crippen LogP contribution is 2.30. The maximum atomic E-state index is 11.4. The molecule has 0 spiro atoms. The fourth-order valence-corrected chi connectivity index (χ4v) is 4.11. The van der Waals surface area contributed by atoms with Crippen LogP contribution in [0.2, 0.25) is 0 Å². The summed E-state index contributed by atoms with van der Waals surface area (Å²) >= 11 is 2.89. The Kier molecular flexibility index (Phi) is 9.28. The van der Waals surface area contributed by atoms with Crippen LogP contribution in [-0.2, 0) is 28.7 Å². The minimum atomic E-state index is -0.590. The van der Waals surface area contributed by atoms with Crippen LogP contribution < -0.4 is 11.1 Å². The van der Waals surface area contributed by atoms with Crippen LogP contribution in [-0.4, -0.2) is 49.4 Å². The second kappa shape index (κ2) is 10.9. The van der Waals surface area contributed by atoms with Crippen LogP contribution in [0, 0.1) is 0 Å². The highest BCUT2D eigenvalue weighted by molar-refractivity contribution is 8.04. The topological polar surface area (TPSA) is 125 Å². The van der Waals surface area contributed by atoms with Crippen molar-refractivity contribution in [1.29, 1.82) is 0 Å². The Morgan fingerprint density at radius 2 is 1.65 bits per heavy atom. The van der Waals surface area contributed by atoms with E-state index < -0.39 is 11.9 Å². The maximum absolute atomic E-state index is 11.4. The van der Waals surface area contributed by atoms with Crippen molar-refractivity contribution in [2.45, 2.75) is 26.2 Å². The Bertz CT molecular complexity index is 657. The molecule has 0 unspecified atom stereocenters. The van der Waals surface area contributed by atoms with Gasteiger partial charge in [0.15, 0.2) is 5.78 Å². The fraction of sp³-hybridized carbons (Fsp3) is 0.500. The second-order valence-electron chi connectivity index (χ2n) is 5.21. The number of esters is 2. The monoisotopic (exact) mass is 402 g/mol. The molecule has 2 rings (SSSR count). The Labute approximate surface area is 160 Å². The lowest BCUT2D eigenvalue weighted by Gasteiger charge is -2.06. The molecule has 144 valence electrons. The lowest BCUT2D eigenvalue weighted by molar-refractivity contribution is -0.143. The molecule has 2 aliphatic heterocycles. The van der Waals surface area contributed by atoms with Gasteiger partial charge in [0.1, 0.15) is 11.3 Å². The quantitative estimate of drug-likeness (QED) is 0.513. The molecule has 0 saturated carbocycles. The first kappa shape index (κ1) is 22.1. The number of Topliss-reactive ketones (excluding diaryl/α,β-unsaturated/α-hetero) is 1. The number of nitrogens with two attached hydrogens (primary N) is 1. The first-order valence-electron chi connectivity index (χ1n) is 7.73. The molecule has 2 heterocycles. The molecule has 0 aromatic carbocycles. The molecule has 26 heavy (non-hydrogen) atoms. The molecule has 3 N–H and O–H groups in total. The van der Waals surface area contributed by atoms with Gasteiger partial charge in [0.2, 0.25) is 5.91 Å². The van der Waals surface area contributed by atoms with Gasteiger partial charge >= 0.3 is 11.9 Å². The van der Waals surface area contributed by atoms with Crippen molar-refractivity contribution in [3.05, 3.63) is 21.2 Å². The van der Waals surface area contributed by atoms with Crippen LogP contribution in [0.15, 0.2) is 21.2 Å². The number of methoxy groups -OCH3 is 2. The molecule has 0 atom stereocenters. The molecule has 0 radical (unpaired) electrons. The minimum absolute atomic E-state index is 0.0594. The van der Waals surface area contributed by atoms with Crippen LogP contribution in [0.3, 0.4) is 0 Å². The largest absolute Gasteiger partial charge is 0.469 e. The van der Waals surface area contributed by atoms with E-state index in [1.165, 1.54) is 44.7 Å². The van der Waals surface area contributed by atoms with Gasteiger partial charge in [-0.1, -0.05) is 0 Å². The van der Waals surface area contributed by atoms with Crippen LogP contribution in [0.5, 0.6) is 0 Å². The van der Waals surface area contributed by atoms with Crippen molar-refractivity contribution < 1.29 is 28.7 Å². The highest BCUT2D eigenvalue weighted by atomic mass is 32.2. The lowest BCUT2D eigenvalue weighted by atomic mass is 10.2. The number of ether oxygens (including phenoxy) is 2. The van der Waals surface area contributed by atoms with Gasteiger partial charge in [-0.2, -0.15) is 0 Å². The van der Waals surface area contributed by atoms with Crippen LogP contribution in [0.1, 0.15) is 26.2 Å². The molecule has 0 fully saturated rings. The zero-order valence-electron chi connectivity index (χ0n) is 14.9. The number of hydrogen-bond donors (Lipinski definition) is 2. The van der Waals surface area contributed by atoms with Gasteiger partial charge in [-0.15, -0.1) is 23.5 Å². The van der Waals surface area contributed by atoms with E-state index in [1.807, 2.05) is 0 Å². The van der Waals surface area contributed by atoms with Crippen molar-refractivity contribution in [3.8, 4) is 0 Å². The molecule has 0 saturated heterocycles. The summed E-state index contributed by atoms with van der Waals surface area (Å²) in [5.41, 5.74) is 6.79. The zero-order valence-corrected chi connectivity index (χ0v) is 16.5. The van der Waals surface area contributed by atoms with Crippen molar-refractivity contribution in [2.75, 3.05) is 25.7 Å². The number of carbonyl (C=O) groups excluding carboxylic acids is 4. The third-order valence-electron chi connectivity index (χ3n) is 3.30. The molecule has 0 aromatic rings. The Balaban J connectivity index is 0.000000289. The van der Waals surface area contributed by atoms with E-state index in [0.717, 1.165) is 17.9 Å². The van der Waals surface area contributed by atoms with Gasteiger partial charge in [-0.25, -0.2) is 4.79 Å². The fourth-order valence-electron chi connectivity index (χ4n) is 2.06. The maximum Gasteiger partial charge on any atom is 0.346 e. The normalized spacial score (nSPS) is 16.0. The Morgan fingerprint density at radius 1 is 1.04 bits per heavy atom. The van der Waals surface area contributed by atoms with E-state index in [-0.39, 0.29) is 18.2 Å². The molecule has 10 heteroatoms. The Morgan fingerprint density at radius 3 is 2.15 bits per heavy atom.